The molecule has 0 radical (unpaired) electrons. The van der Waals surface area contributed by atoms with Crippen LogP contribution < -0.4 is 5.32 Å². The predicted molar refractivity (Wildman–Crippen MR) is 76.1 cm³/mol. The van der Waals surface area contributed by atoms with Crippen LogP contribution in [0.2, 0.25) is 5.02 Å². The van der Waals surface area contributed by atoms with Crippen LogP contribution in [0.25, 0.3) is 11.4 Å². The van der Waals surface area contributed by atoms with Crippen LogP contribution in [0.5, 0.6) is 0 Å². The van der Waals surface area contributed by atoms with Crippen LogP contribution in [0.15, 0.2) is 36.5 Å². The van der Waals surface area contributed by atoms with Crippen molar-refractivity contribution in [2.24, 2.45) is 0 Å². The standard InChI is InChI=1S/C14H16ClN3O/c1-19-8-7-16-10-13-5-6-17-14(18-13)11-3-2-4-12(15)9-11/h2-6,9,16H,7-8,10H2,1H3. The molecular weight excluding hydrogens is 262 g/mol. The topological polar surface area (TPSA) is 47.0 Å². The van der Waals surface area contributed by atoms with Gasteiger partial charge in [0.1, 0.15) is 0 Å². The minimum absolute atomic E-state index is 0.685. The van der Waals surface area contributed by atoms with Crippen molar-refractivity contribution < 1.29 is 4.74 Å². The zero-order valence-corrected chi connectivity index (χ0v) is 11.5. The van der Waals surface area contributed by atoms with Crippen LogP contribution in [0, 0.1) is 0 Å². The zero-order valence-electron chi connectivity index (χ0n) is 10.8. The van der Waals surface area contributed by atoms with E-state index >= 15 is 0 Å². The van der Waals surface area contributed by atoms with Crippen molar-refractivity contribution in [1.82, 2.24) is 15.3 Å². The molecule has 1 heterocycles. The average Bonchev–Trinajstić information content (AvgIpc) is 2.44. The van der Waals surface area contributed by atoms with Gasteiger partial charge in [-0.1, -0.05) is 23.7 Å². The second-order valence-corrected chi connectivity index (χ2v) is 4.49. The summed E-state index contributed by atoms with van der Waals surface area (Å²) in [4.78, 5) is 8.78. The lowest BCUT2D eigenvalue weighted by atomic mass is 10.2. The van der Waals surface area contributed by atoms with E-state index in [4.69, 9.17) is 16.3 Å². The smallest absolute Gasteiger partial charge is 0.159 e. The largest absolute Gasteiger partial charge is 0.383 e. The van der Waals surface area contributed by atoms with Crippen molar-refractivity contribution in [1.29, 1.82) is 0 Å². The molecule has 4 nitrogen and oxygen atoms in total. The normalized spacial score (nSPS) is 10.6. The van der Waals surface area contributed by atoms with Crippen LogP contribution in [0.1, 0.15) is 5.69 Å². The van der Waals surface area contributed by atoms with E-state index in [1.54, 1.807) is 13.3 Å². The minimum atomic E-state index is 0.685. The second-order valence-electron chi connectivity index (χ2n) is 4.05. The van der Waals surface area contributed by atoms with Gasteiger partial charge in [-0.15, -0.1) is 0 Å². The second kappa shape index (κ2) is 7.19. The van der Waals surface area contributed by atoms with Crippen LogP contribution >= 0.6 is 11.6 Å². The lowest BCUT2D eigenvalue weighted by molar-refractivity contribution is 0.199. The van der Waals surface area contributed by atoms with Crippen LogP contribution in [0.3, 0.4) is 0 Å². The fraction of sp³-hybridized carbons (Fsp3) is 0.286. The molecule has 0 saturated carbocycles. The van der Waals surface area contributed by atoms with Crippen molar-refractivity contribution in [3.63, 3.8) is 0 Å². The molecule has 2 rings (SSSR count). The molecule has 0 aliphatic heterocycles. The maximum atomic E-state index is 5.97. The number of hydrogen-bond acceptors (Lipinski definition) is 4. The number of ether oxygens (including phenoxy) is 1. The summed E-state index contributed by atoms with van der Waals surface area (Å²) in [6.07, 6.45) is 1.76. The summed E-state index contributed by atoms with van der Waals surface area (Å²) < 4.78 is 4.98. The molecule has 19 heavy (non-hydrogen) atoms. The lowest BCUT2D eigenvalue weighted by Crippen LogP contribution is -2.19. The monoisotopic (exact) mass is 277 g/mol. The SMILES string of the molecule is COCCNCc1ccnc(-c2cccc(Cl)c2)n1. The Morgan fingerprint density at radius 1 is 1.32 bits per heavy atom. The summed E-state index contributed by atoms with van der Waals surface area (Å²) in [5, 5.41) is 3.94. The van der Waals surface area contributed by atoms with Crippen LogP contribution in [-0.4, -0.2) is 30.2 Å². The van der Waals surface area contributed by atoms with Gasteiger partial charge in [-0.25, -0.2) is 9.97 Å². The van der Waals surface area contributed by atoms with Gasteiger partial charge in [0.05, 0.1) is 12.3 Å². The quantitative estimate of drug-likeness (QED) is 0.825. The average molecular weight is 278 g/mol. The Kier molecular flexibility index (Phi) is 5.27. The summed E-state index contributed by atoms with van der Waals surface area (Å²) in [5.41, 5.74) is 1.87. The summed E-state index contributed by atoms with van der Waals surface area (Å²) >= 11 is 5.97. The highest BCUT2D eigenvalue weighted by atomic mass is 35.5. The third-order valence-electron chi connectivity index (χ3n) is 2.59. The third-order valence-corrected chi connectivity index (χ3v) is 2.82. The van der Waals surface area contributed by atoms with Gasteiger partial charge in [-0.05, 0) is 18.2 Å². The number of halogens is 1. The fourth-order valence-electron chi connectivity index (χ4n) is 1.65. The first-order valence-corrected chi connectivity index (χ1v) is 6.45. The van der Waals surface area contributed by atoms with Gasteiger partial charge in [0.2, 0.25) is 0 Å². The summed E-state index contributed by atoms with van der Waals surface area (Å²) in [6.45, 7) is 2.18. The number of nitrogens with zero attached hydrogens (tertiary/aromatic N) is 2. The molecule has 0 spiro atoms. The molecule has 1 N–H and O–H groups in total. The van der Waals surface area contributed by atoms with Gasteiger partial charge in [0.15, 0.2) is 5.82 Å². The maximum absolute atomic E-state index is 5.97. The van der Waals surface area contributed by atoms with Crippen LogP contribution in [0.4, 0.5) is 0 Å². The van der Waals surface area contributed by atoms with Gasteiger partial charge in [-0.2, -0.15) is 0 Å². The third kappa shape index (κ3) is 4.28. The van der Waals surface area contributed by atoms with Crippen LogP contribution in [-0.2, 0) is 11.3 Å². The molecule has 0 aliphatic carbocycles. The Bertz CT molecular complexity index is 534. The highest BCUT2D eigenvalue weighted by molar-refractivity contribution is 6.30. The molecule has 0 fully saturated rings. The highest BCUT2D eigenvalue weighted by Crippen LogP contribution is 2.19. The van der Waals surface area contributed by atoms with Crippen molar-refractivity contribution in [2.75, 3.05) is 20.3 Å². The van der Waals surface area contributed by atoms with Gasteiger partial charge in [-0.3, -0.25) is 0 Å². The van der Waals surface area contributed by atoms with Crippen molar-refractivity contribution in [3.05, 3.63) is 47.2 Å². The van der Waals surface area contributed by atoms with E-state index in [0.717, 1.165) is 17.8 Å². The minimum Gasteiger partial charge on any atom is -0.383 e. The Morgan fingerprint density at radius 3 is 3.00 bits per heavy atom. The molecule has 2 aromatic rings. The fourth-order valence-corrected chi connectivity index (χ4v) is 1.84. The maximum Gasteiger partial charge on any atom is 0.159 e. The van der Waals surface area contributed by atoms with Crippen molar-refractivity contribution in [3.8, 4) is 11.4 Å². The molecular formula is C14H16ClN3O. The number of rotatable bonds is 6. The summed E-state index contributed by atoms with van der Waals surface area (Å²) in [7, 11) is 1.68. The van der Waals surface area contributed by atoms with E-state index in [1.807, 2.05) is 30.3 Å². The molecule has 0 unspecified atom stereocenters. The van der Waals surface area contributed by atoms with E-state index in [2.05, 4.69) is 15.3 Å². The van der Waals surface area contributed by atoms with Crippen molar-refractivity contribution in [2.45, 2.75) is 6.54 Å². The number of hydrogen-bond donors (Lipinski definition) is 1. The first kappa shape index (κ1) is 13.9. The Labute approximate surface area is 117 Å². The first-order chi connectivity index (χ1) is 9.29. The Morgan fingerprint density at radius 2 is 2.21 bits per heavy atom. The molecule has 1 aromatic carbocycles. The Balaban J connectivity index is 2.06. The van der Waals surface area contributed by atoms with Gasteiger partial charge >= 0.3 is 0 Å². The van der Waals surface area contributed by atoms with Gasteiger partial charge < -0.3 is 10.1 Å². The van der Waals surface area contributed by atoms with Gasteiger partial charge in [0.25, 0.3) is 0 Å². The molecule has 0 bridgehead atoms. The van der Waals surface area contributed by atoms with E-state index in [0.29, 0.717) is 24.0 Å². The zero-order chi connectivity index (χ0) is 13.5. The molecule has 0 saturated heterocycles. The summed E-state index contributed by atoms with van der Waals surface area (Å²) in [6, 6.07) is 9.43. The summed E-state index contributed by atoms with van der Waals surface area (Å²) in [5.74, 6) is 0.688. The number of aromatic nitrogens is 2. The highest BCUT2D eigenvalue weighted by Gasteiger charge is 2.03. The number of nitrogens with one attached hydrogen (secondary N) is 1. The lowest BCUT2D eigenvalue weighted by Gasteiger charge is -2.05. The van der Waals surface area contributed by atoms with E-state index in [9.17, 15) is 0 Å². The molecule has 1 aromatic heterocycles. The number of methoxy groups -OCH3 is 1. The van der Waals surface area contributed by atoms with E-state index in [1.165, 1.54) is 0 Å². The van der Waals surface area contributed by atoms with E-state index in [-0.39, 0.29) is 0 Å². The van der Waals surface area contributed by atoms with E-state index < -0.39 is 0 Å². The van der Waals surface area contributed by atoms with Crippen molar-refractivity contribution >= 4 is 11.6 Å². The number of benzene rings is 1. The Hall–Kier alpha value is -1.49. The first-order valence-electron chi connectivity index (χ1n) is 6.07. The predicted octanol–water partition coefficient (Wildman–Crippen LogP) is 2.53. The molecule has 0 aliphatic rings. The molecule has 0 atom stereocenters. The molecule has 5 heteroatoms. The molecule has 0 amide bonds. The van der Waals surface area contributed by atoms with Gasteiger partial charge in [0, 0.05) is 37.0 Å². The molecule has 100 valence electrons.